The fourth-order valence-electron chi connectivity index (χ4n) is 5.98. The number of anilines is 1. The minimum Gasteiger partial charge on any atom is -0.382 e. The summed E-state index contributed by atoms with van der Waals surface area (Å²) in [5, 5.41) is 3.85. The van der Waals surface area contributed by atoms with Gasteiger partial charge in [-0.05, 0) is 49.4 Å². The average molecular weight is 637 g/mol. The Morgan fingerprint density at radius 2 is 1.87 bits per heavy atom. The summed E-state index contributed by atoms with van der Waals surface area (Å²) in [5.41, 5.74) is 1.72. The Balaban J connectivity index is 1.47. The molecule has 0 atom stereocenters. The number of aryl methyl sites for hydroxylation is 1. The number of aromatic nitrogens is 1. The number of amides is 1. The molecule has 1 fully saturated rings. The average Bonchev–Trinajstić information content (AvgIpc) is 3.76. The normalized spacial score (nSPS) is 16.0. The van der Waals surface area contributed by atoms with Crippen molar-refractivity contribution in [2.24, 2.45) is 4.99 Å². The molecule has 1 aliphatic heterocycles. The number of sulfonamides is 1. The summed E-state index contributed by atoms with van der Waals surface area (Å²) in [6, 6.07) is 13.3. The summed E-state index contributed by atoms with van der Waals surface area (Å²) < 4.78 is 45.3. The van der Waals surface area contributed by atoms with Crippen LogP contribution in [0.2, 0.25) is 0 Å². The second-order valence-electron chi connectivity index (χ2n) is 11.5. The molecule has 2 aliphatic rings. The first-order valence-electron chi connectivity index (χ1n) is 15.3. The van der Waals surface area contributed by atoms with Crippen LogP contribution >= 0.6 is 0 Å². The monoisotopic (exact) mass is 636 g/mol. The molecule has 3 aromatic rings. The third kappa shape index (κ3) is 6.73. The van der Waals surface area contributed by atoms with Gasteiger partial charge in [0.25, 0.3) is 15.9 Å². The van der Waals surface area contributed by atoms with E-state index in [0.29, 0.717) is 35.2 Å². The maximum atomic E-state index is 14.2. The van der Waals surface area contributed by atoms with Crippen molar-refractivity contribution in [2.45, 2.75) is 75.8 Å². The molecule has 1 aliphatic carbocycles. The lowest BCUT2D eigenvalue weighted by molar-refractivity contribution is -0.131. The largest absolute Gasteiger partial charge is 0.382 e. The number of unbranched alkanes of at least 4 members (excludes halogenated alkanes) is 1. The van der Waals surface area contributed by atoms with Crippen molar-refractivity contribution in [1.82, 2.24) is 10.1 Å². The standard InChI is InChI=1S/C33H40N4O7S/c1-4-5-12-30-34-33(15-8-9-16-33)32(39)36(30)21-25-13-14-27(26(20-25)22-38)28-10-6-7-11-29(28)45(40,41)37(23-43-18-17-42-3)31-19-24(2)35-44-31/h6-7,10-11,13-14,19-20,22H,4-5,8-9,12,15-18,21,23H2,1-3H3. The lowest BCUT2D eigenvalue weighted by Crippen LogP contribution is -2.40. The quantitative estimate of drug-likeness (QED) is 0.121. The SMILES string of the molecule is CCCCC1=NC2(CCCC2)C(=O)N1Cc1ccc(-c2ccccc2S(=O)(=O)N(COCCOC)c2cc(C)no2)c(C=O)c1. The molecule has 1 saturated carbocycles. The molecule has 2 aromatic carbocycles. The molecular weight excluding hydrogens is 596 g/mol. The van der Waals surface area contributed by atoms with Gasteiger partial charge in [-0.25, -0.2) is 12.7 Å². The van der Waals surface area contributed by atoms with Gasteiger partial charge in [0.05, 0.1) is 30.3 Å². The first-order chi connectivity index (χ1) is 21.7. The fraction of sp³-hybridized carbons (Fsp3) is 0.455. The Morgan fingerprint density at radius 3 is 2.56 bits per heavy atom. The number of nitrogens with zero attached hydrogens (tertiary/aromatic N) is 4. The van der Waals surface area contributed by atoms with Gasteiger partial charge < -0.3 is 14.0 Å². The Hall–Kier alpha value is -3.87. The van der Waals surface area contributed by atoms with Crippen LogP contribution in [-0.4, -0.2) is 69.1 Å². The van der Waals surface area contributed by atoms with Crippen LogP contribution < -0.4 is 4.31 Å². The van der Waals surface area contributed by atoms with Gasteiger partial charge in [-0.15, -0.1) is 0 Å². The number of ether oxygens (including phenoxy) is 2. The molecule has 12 heteroatoms. The van der Waals surface area contributed by atoms with E-state index >= 15 is 0 Å². The summed E-state index contributed by atoms with van der Waals surface area (Å²) >= 11 is 0. The number of rotatable bonds is 15. The summed E-state index contributed by atoms with van der Waals surface area (Å²) in [7, 11) is -2.72. The molecule has 1 amide bonds. The topological polar surface area (TPSA) is 132 Å². The van der Waals surface area contributed by atoms with E-state index in [1.54, 1.807) is 42.2 Å². The Kier molecular flexibility index (Phi) is 10.2. The number of aldehydes is 1. The van der Waals surface area contributed by atoms with Crippen molar-refractivity contribution >= 4 is 33.9 Å². The van der Waals surface area contributed by atoms with Gasteiger partial charge in [0.1, 0.15) is 18.1 Å². The number of carbonyl (C=O) groups excluding carboxylic acids is 2. The van der Waals surface area contributed by atoms with Crippen molar-refractivity contribution < 1.29 is 32.0 Å². The highest BCUT2D eigenvalue weighted by molar-refractivity contribution is 7.93. The van der Waals surface area contributed by atoms with Gasteiger partial charge in [0.2, 0.25) is 5.88 Å². The van der Waals surface area contributed by atoms with Crippen LogP contribution in [0.25, 0.3) is 11.1 Å². The van der Waals surface area contributed by atoms with Gasteiger partial charge >= 0.3 is 0 Å². The molecule has 1 spiro atoms. The van der Waals surface area contributed by atoms with E-state index in [9.17, 15) is 18.0 Å². The van der Waals surface area contributed by atoms with E-state index in [0.717, 1.165) is 60.7 Å². The Labute approximate surface area is 264 Å². The second kappa shape index (κ2) is 14.1. The lowest BCUT2D eigenvalue weighted by Gasteiger charge is -2.24. The van der Waals surface area contributed by atoms with Crippen LogP contribution in [0.15, 0.2) is 62.9 Å². The van der Waals surface area contributed by atoms with Gasteiger partial charge in [0, 0.05) is 30.7 Å². The number of benzene rings is 2. The van der Waals surface area contributed by atoms with E-state index in [2.05, 4.69) is 12.1 Å². The zero-order chi connectivity index (χ0) is 32.0. The number of hydrogen-bond donors (Lipinski definition) is 0. The van der Waals surface area contributed by atoms with Crippen LogP contribution in [0.5, 0.6) is 0 Å². The van der Waals surface area contributed by atoms with Crippen molar-refractivity contribution in [1.29, 1.82) is 0 Å². The molecule has 1 aromatic heterocycles. The summed E-state index contributed by atoms with van der Waals surface area (Å²) in [5.74, 6) is 0.851. The molecule has 0 unspecified atom stereocenters. The van der Waals surface area contributed by atoms with E-state index < -0.39 is 15.6 Å². The maximum absolute atomic E-state index is 14.2. The van der Waals surface area contributed by atoms with Gasteiger partial charge in [-0.1, -0.05) is 61.7 Å². The lowest BCUT2D eigenvalue weighted by atomic mass is 9.96. The van der Waals surface area contributed by atoms with Crippen molar-refractivity contribution in [3.63, 3.8) is 0 Å². The van der Waals surface area contributed by atoms with E-state index in [4.69, 9.17) is 19.0 Å². The minimum absolute atomic E-state index is 0.00142. The number of amidine groups is 1. The molecule has 5 rings (SSSR count). The van der Waals surface area contributed by atoms with Crippen molar-refractivity contribution in [2.75, 3.05) is 31.4 Å². The molecule has 11 nitrogen and oxygen atoms in total. The molecule has 2 heterocycles. The van der Waals surface area contributed by atoms with Gasteiger partial charge in [-0.3, -0.25) is 19.5 Å². The minimum atomic E-state index is -4.25. The molecule has 0 radical (unpaired) electrons. The number of aliphatic imine (C=N–C) groups is 1. The number of hydrogen-bond acceptors (Lipinski definition) is 9. The highest BCUT2D eigenvalue weighted by Crippen LogP contribution is 2.40. The highest BCUT2D eigenvalue weighted by atomic mass is 32.2. The predicted octanol–water partition coefficient (Wildman–Crippen LogP) is 5.52. The fourth-order valence-corrected chi connectivity index (χ4v) is 7.46. The zero-order valence-corrected chi connectivity index (χ0v) is 26.8. The van der Waals surface area contributed by atoms with Gasteiger partial charge in [-0.2, -0.15) is 0 Å². The smallest absolute Gasteiger partial charge is 0.269 e. The summed E-state index contributed by atoms with van der Waals surface area (Å²) in [6.45, 7) is 4.21. The van der Waals surface area contributed by atoms with Crippen LogP contribution in [0.3, 0.4) is 0 Å². The first-order valence-corrected chi connectivity index (χ1v) is 16.8. The number of methoxy groups -OCH3 is 1. The Morgan fingerprint density at radius 1 is 1.09 bits per heavy atom. The molecule has 0 saturated heterocycles. The summed E-state index contributed by atoms with van der Waals surface area (Å²) in [6.07, 6.45) is 6.88. The predicted molar refractivity (Wildman–Crippen MR) is 170 cm³/mol. The third-order valence-electron chi connectivity index (χ3n) is 8.31. The molecule has 45 heavy (non-hydrogen) atoms. The first kappa shape index (κ1) is 32.5. The Bertz CT molecular complexity index is 1660. The van der Waals surface area contributed by atoms with Gasteiger partial charge in [0.15, 0.2) is 6.29 Å². The van der Waals surface area contributed by atoms with E-state index in [1.807, 2.05) is 6.07 Å². The zero-order valence-electron chi connectivity index (χ0n) is 26.0. The highest BCUT2D eigenvalue weighted by Gasteiger charge is 2.49. The van der Waals surface area contributed by atoms with E-state index in [1.165, 1.54) is 19.2 Å². The van der Waals surface area contributed by atoms with E-state index in [-0.39, 0.29) is 36.6 Å². The third-order valence-corrected chi connectivity index (χ3v) is 10.1. The number of carbonyl (C=O) groups is 2. The maximum Gasteiger partial charge on any atom is 0.269 e. The van der Waals surface area contributed by atoms with Crippen LogP contribution in [-0.2, 0) is 30.8 Å². The molecular formula is C33H40N4O7S. The summed E-state index contributed by atoms with van der Waals surface area (Å²) in [4.78, 5) is 32.8. The van der Waals surface area contributed by atoms with Crippen LogP contribution in [0.1, 0.15) is 73.5 Å². The molecule has 240 valence electrons. The molecule has 0 bridgehead atoms. The van der Waals surface area contributed by atoms with Crippen molar-refractivity contribution in [3.05, 3.63) is 65.4 Å². The van der Waals surface area contributed by atoms with Crippen LogP contribution in [0.4, 0.5) is 5.88 Å². The van der Waals surface area contributed by atoms with Crippen LogP contribution in [0, 0.1) is 6.92 Å². The molecule has 0 N–H and O–H groups in total. The van der Waals surface area contributed by atoms with Crippen molar-refractivity contribution in [3.8, 4) is 11.1 Å². The second-order valence-corrected chi connectivity index (χ2v) is 13.3.